The number of benzene rings is 1. The quantitative estimate of drug-likeness (QED) is 0.672. The molecule has 4 rings (SSSR count). The summed E-state index contributed by atoms with van der Waals surface area (Å²) in [5.74, 6) is -1.78. The normalized spacial score (nSPS) is 18.1. The topological polar surface area (TPSA) is 112 Å². The lowest BCUT2D eigenvalue weighted by Gasteiger charge is -2.12. The van der Waals surface area contributed by atoms with Gasteiger partial charge in [0.05, 0.1) is 23.8 Å². The summed E-state index contributed by atoms with van der Waals surface area (Å²) >= 11 is 0. The fourth-order valence-electron chi connectivity index (χ4n) is 3.63. The van der Waals surface area contributed by atoms with Crippen LogP contribution in [-0.4, -0.2) is 32.9 Å². The van der Waals surface area contributed by atoms with Crippen LogP contribution in [-0.2, 0) is 9.53 Å². The van der Waals surface area contributed by atoms with Crippen molar-refractivity contribution in [3.63, 3.8) is 0 Å². The molecule has 142 valence electrons. The molecule has 8 heteroatoms. The van der Waals surface area contributed by atoms with Crippen LogP contribution in [0.15, 0.2) is 18.2 Å². The van der Waals surface area contributed by atoms with Crippen LogP contribution in [0.1, 0.15) is 36.1 Å². The van der Waals surface area contributed by atoms with E-state index in [4.69, 9.17) is 4.74 Å². The van der Waals surface area contributed by atoms with Gasteiger partial charge in [0.15, 0.2) is 5.65 Å². The third-order valence-corrected chi connectivity index (χ3v) is 4.99. The number of aromatic nitrogens is 3. The molecule has 1 fully saturated rings. The maximum atomic E-state index is 14.5. The second kappa shape index (κ2) is 6.60. The monoisotopic (exact) mass is 380 g/mol. The van der Waals surface area contributed by atoms with E-state index in [0.717, 1.165) is 11.8 Å². The molecular formula is C20H17FN4O3. The smallest absolute Gasteiger partial charge is 0.309 e. The second-order valence-electron chi connectivity index (χ2n) is 6.77. The third kappa shape index (κ3) is 2.76. The fourth-order valence-corrected chi connectivity index (χ4v) is 3.63. The zero-order valence-corrected chi connectivity index (χ0v) is 15.3. The van der Waals surface area contributed by atoms with Crippen LogP contribution in [0.5, 0.6) is 5.75 Å². The molecule has 0 spiro atoms. The van der Waals surface area contributed by atoms with Gasteiger partial charge in [0, 0.05) is 28.6 Å². The molecule has 2 unspecified atom stereocenters. The van der Waals surface area contributed by atoms with Crippen LogP contribution in [0.4, 0.5) is 4.39 Å². The highest BCUT2D eigenvalue weighted by Crippen LogP contribution is 2.52. The Hall–Kier alpha value is -3.47. The van der Waals surface area contributed by atoms with Crippen molar-refractivity contribution in [3.8, 4) is 23.1 Å². The SMILES string of the molecule is CCOC(=O)C1CC1c1c(C#N)c(-c2ccc(O)cc2F)nc2n[nH]c(C)c12. The molecule has 0 radical (unpaired) electrons. The van der Waals surface area contributed by atoms with Gasteiger partial charge >= 0.3 is 5.97 Å². The predicted octanol–water partition coefficient (Wildman–Crippen LogP) is 3.32. The molecule has 1 aliphatic rings. The summed E-state index contributed by atoms with van der Waals surface area (Å²) in [5.41, 5.74) is 2.15. The largest absolute Gasteiger partial charge is 0.508 e. The van der Waals surface area contributed by atoms with Gasteiger partial charge in [-0.1, -0.05) is 0 Å². The number of aryl methyl sites for hydroxylation is 1. The molecule has 1 aromatic carbocycles. The van der Waals surface area contributed by atoms with Crippen molar-refractivity contribution < 1.29 is 19.0 Å². The van der Waals surface area contributed by atoms with Gasteiger partial charge < -0.3 is 9.84 Å². The van der Waals surface area contributed by atoms with E-state index in [1.165, 1.54) is 12.1 Å². The molecule has 3 aromatic rings. The first-order valence-corrected chi connectivity index (χ1v) is 8.90. The van der Waals surface area contributed by atoms with Crippen molar-refractivity contribution in [3.05, 3.63) is 40.8 Å². The van der Waals surface area contributed by atoms with Gasteiger partial charge in [-0.05, 0) is 38.0 Å². The molecule has 0 bridgehead atoms. The number of esters is 1. The van der Waals surface area contributed by atoms with Crippen molar-refractivity contribution in [1.82, 2.24) is 15.2 Å². The average molecular weight is 380 g/mol. The molecule has 2 heterocycles. The number of fused-ring (bicyclic) bond motifs is 1. The highest BCUT2D eigenvalue weighted by atomic mass is 19.1. The predicted molar refractivity (Wildman–Crippen MR) is 97.9 cm³/mol. The second-order valence-corrected chi connectivity index (χ2v) is 6.77. The van der Waals surface area contributed by atoms with Crippen molar-refractivity contribution in [2.45, 2.75) is 26.2 Å². The van der Waals surface area contributed by atoms with Gasteiger partial charge in [0.2, 0.25) is 0 Å². The number of rotatable bonds is 4. The first-order chi connectivity index (χ1) is 13.5. The van der Waals surface area contributed by atoms with Crippen molar-refractivity contribution in [1.29, 1.82) is 5.26 Å². The number of aromatic amines is 1. The van der Waals surface area contributed by atoms with Gasteiger partial charge in [-0.3, -0.25) is 9.89 Å². The first kappa shape index (κ1) is 17.9. The van der Waals surface area contributed by atoms with E-state index in [0.29, 0.717) is 23.0 Å². The molecule has 2 atom stereocenters. The number of carbonyl (C=O) groups is 1. The molecule has 1 aliphatic carbocycles. The van der Waals surface area contributed by atoms with Crippen molar-refractivity contribution in [2.24, 2.45) is 5.92 Å². The minimum absolute atomic E-state index is 0.0893. The zero-order valence-electron chi connectivity index (χ0n) is 15.3. The standard InChI is InChI=1S/C20H17FN4O3/c1-3-28-20(27)13-7-12(13)17-14(8-22)18(11-5-4-10(26)6-15(11)21)23-19-16(17)9(2)24-25-19/h4-6,12-13,26H,3,7H2,1-2H3,(H,23,24,25). The minimum atomic E-state index is -0.695. The number of pyridine rings is 1. The van der Waals surface area contributed by atoms with Gasteiger partial charge in [0.25, 0.3) is 0 Å². The summed E-state index contributed by atoms with van der Waals surface area (Å²) < 4.78 is 19.6. The van der Waals surface area contributed by atoms with Gasteiger partial charge in [-0.25, -0.2) is 9.37 Å². The third-order valence-electron chi connectivity index (χ3n) is 4.99. The number of hydrogen-bond donors (Lipinski definition) is 2. The highest BCUT2D eigenvalue weighted by molar-refractivity contribution is 5.91. The number of phenols is 1. The van der Waals surface area contributed by atoms with Crippen molar-refractivity contribution >= 4 is 17.0 Å². The van der Waals surface area contributed by atoms with E-state index in [2.05, 4.69) is 21.3 Å². The molecule has 0 saturated heterocycles. The molecule has 2 aromatic heterocycles. The summed E-state index contributed by atoms with van der Waals surface area (Å²) in [6.45, 7) is 3.84. The maximum Gasteiger partial charge on any atom is 0.309 e. The number of nitrogens with zero attached hydrogens (tertiary/aromatic N) is 3. The summed E-state index contributed by atoms with van der Waals surface area (Å²) in [5, 5.41) is 27.1. The zero-order chi connectivity index (χ0) is 20.0. The van der Waals surface area contributed by atoms with Crippen LogP contribution in [0.2, 0.25) is 0 Å². The van der Waals surface area contributed by atoms with Crippen LogP contribution in [0, 0.1) is 30.0 Å². The number of nitriles is 1. The Kier molecular flexibility index (Phi) is 4.23. The van der Waals surface area contributed by atoms with E-state index in [1.807, 2.05) is 6.92 Å². The Morgan fingerprint density at radius 3 is 2.96 bits per heavy atom. The number of hydrogen-bond acceptors (Lipinski definition) is 6. The Morgan fingerprint density at radius 2 is 2.29 bits per heavy atom. The van der Waals surface area contributed by atoms with Gasteiger partial charge in [-0.15, -0.1) is 0 Å². The summed E-state index contributed by atoms with van der Waals surface area (Å²) in [6.07, 6.45) is 0.550. The number of ether oxygens (including phenoxy) is 1. The van der Waals surface area contributed by atoms with E-state index in [1.54, 1.807) is 6.92 Å². The van der Waals surface area contributed by atoms with Gasteiger partial charge in [-0.2, -0.15) is 10.4 Å². The van der Waals surface area contributed by atoms with Gasteiger partial charge in [0.1, 0.15) is 17.6 Å². The lowest BCUT2D eigenvalue weighted by atomic mass is 9.94. The lowest BCUT2D eigenvalue weighted by Crippen LogP contribution is -2.08. The van der Waals surface area contributed by atoms with E-state index >= 15 is 0 Å². The number of nitrogens with one attached hydrogen (secondary N) is 1. The van der Waals surface area contributed by atoms with Crippen molar-refractivity contribution in [2.75, 3.05) is 6.61 Å². The number of aromatic hydroxyl groups is 1. The van der Waals surface area contributed by atoms with Crippen LogP contribution in [0.3, 0.4) is 0 Å². The Labute approximate surface area is 159 Å². The maximum absolute atomic E-state index is 14.5. The lowest BCUT2D eigenvalue weighted by molar-refractivity contribution is -0.144. The summed E-state index contributed by atoms with van der Waals surface area (Å²) in [7, 11) is 0. The molecule has 2 N–H and O–H groups in total. The Morgan fingerprint density at radius 1 is 1.50 bits per heavy atom. The summed E-state index contributed by atoms with van der Waals surface area (Å²) in [6, 6.07) is 5.82. The Balaban J connectivity index is 1.94. The molecular weight excluding hydrogens is 363 g/mol. The molecule has 7 nitrogen and oxygen atoms in total. The molecule has 28 heavy (non-hydrogen) atoms. The van der Waals surface area contributed by atoms with Crippen LogP contribution in [0.25, 0.3) is 22.3 Å². The molecule has 1 saturated carbocycles. The number of carbonyl (C=O) groups excluding carboxylic acids is 1. The number of phenolic OH excluding ortho intramolecular Hbond substituents is 1. The van der Waals surface area contributed by atoms with Crippen LogP contribution < -0.4 is 0 Å². The van der Waals surface area contributed by atoms with E-state index in [9.17, 15) is 19.6 Å². The van der Waals surface area contributed by atoms with E-state index < -0.39 is 5.82 Å². The molecule has 0 amide bonds. The average Bonchev–Trinajstić information content (AvgIpc) is 3.37. The molecule has 0 aliphatic heterocycles. The first-order valence-electron chi connectivity index (χ1n) is 8.90. The van der Waals surface area contributed by atoms with Crippen LogP contribution >= 0.6 is 0 Å². The Bertz CT molecular complexity index is 1150. The highest BCUT2D eigenvalue weighted by Gasteiger charge is 2.48. The summed E-state index contributed by atoms with van der Waals surface area (Å²) in [4.78, 5) is 16.6. The minimum Gasteiger partial charge on any atom is -0.508 e. The van der Waals surface area contributed by atoms with E-state index in [-0.39, 0.29) is 47.0 Å². The fraction of sp³-hybridized carbons (Fsp3) is 0.300. The number of halogens is 1. The number of H-pyrrole nitrogens is 1.